The van der Waals surface area contributed by atoms with Crippen molar-refractivity contribution in [2.45, 2.75) is 141 Å². The minimum Gasteiger partial charge on any atom is -0.471 e. The Bertz CT molecular complexity index is 2220. The van der Waals surface area contributed by atoms with Gasteiger partial charge in [0.1, 0.15) is 17.9 Å². The second-order valence-electron chi connectivity index (χ2n) is 19.4. The van der Waals surface area contributed by atoms with Gasteiger partial charge in [0.15, 0.2) is 5.78 Å². The SMILES string of the molecule is CC(C)(C)[C@@H]1CC(=O)O[C@@H]2C[C@@H]3C[C@@H]3[C@H]2CCCCCc2nc3ccc(C#N)cc3nc2O[C@@H]2C[C@@H](C(=O)C[C@]3(C(=O)NS(=O)(=O)C4(C)CC4)C[C@H]3C(F)F)N(C2)C1=O. The third-order valence-electron chi connectivity index (χ3n) is 14.2. The number of benzene rings is 1. The highest BCUT2D eigenvalue weighted by atomic mass is 32.2. The maximum absolute atomic E-state index is 14.8. The van der Waals surface area contributed by atoms with Crippen LogP contribution in [-0.4, -0.2) is 82.8 Å². The summed E-state index contributed by atoms with van der Waals surface area (Å²) in [5, 5.41) is 9.57. The number of halogens is 2. The molecule has 318 valence electrons. The molecule has 59 heavy (non-hydrogen) atoms. The standard InChI is InChI=1S/C43H53F2N5O8S/c1-41(2,3)28-18-36(52)58-35-16-24-15-27(24)26(35)8-6-5-7-9-31-38(48-32-14-23(21-46)10-11-30(32)47-31)57-25-17-33(50(22-25)39(28)53)34(51)20-43(19-29(43)37(44)45)40(54)49-59(55,56)42(4)12-13-42/h10-11,14,24-29,33,35,37H,5-9,12-13,15-20,22H2,1-4H3,(H,49,54)/t24-,25+,26+,27-,28+,29-,33-,35+,43+/m0/s1. The minimum atomic E-state index is -4.19. The summed E-state index contributed by atoms with van der Waals surface area (Å²) in [5.41, 5.74) is -0.795. The van der Waals surface area contributed by atoms with Gasteiger partial charge in [-0.2, -0.15) is 5.26 Å². The number of aryl methyl sites for hydroxylation is 1. The van der Waals surface area contributed by atoms with E-state index in [1.165, 1.54) is 11.8 Å². The zero-order valence-electron chi connectivity index (χ0n) is 34.0. The van der Waals surface area contributed by atoms with E-state index in [1.54, 1.807) is 18.2 Å². The number of Topliss-reactive ketones (excluding diaryl/α,β-unsaturated/α-hetero) is 1. The number of rotatable bonds is 7. The van der Waals surface area contributed by atoms with Crippen molar-refractivity contribution in [2.24, 2.45) is 40.4 Å². The molecule has 0 spiro atoms. The Hall–Kier alpha value is -4.26. The number of ether oxygens (including phenoxy) is 2. The van der Waals surface area contributed by atoms with E-state index in [1.807, 2.05) is 25.5 Å². The molecular formula is C43H53F2N5O8S. The molecule has 6 aliphatic rings. The van der Waals surface area contributed by atoms with Gasteiger partial charge in [-0.1, -0.05) is 33.6 Å². The lowest BCUT2D eigenvalue weighted by atomic mass is 9.77. The van der Waals surface area contributed by atoms with Crippen LogP contribution < -0.4 is 9.46 Å². The summed E-state index contributed by atoms with van der Waals surface area (Å²) >= 11 is 0. The van der Waals surface area contributed by atoms with Crippen molar-refractivity contribution >= 4 is 44.6 Å². The molecule has 0 unspecified atom stereocenters. The molecule has 4 aliphatic carbocycles. The largest absolute Gasteiger partial charge is 0.471 e. The molecule has 1 aromatic heterocycles. The predicted molar refractivity (Wildman–Crippen MR) is 209 cm³/mol. The molecular weight excluding hydrogens is 785 g/mol. The molecule has 5 fully saturated rings. The molecule has 4 saturated carbocycles. The van der Waals surface area contributed by atoms with Crippen LogP contribution >= 0.6 is 0 Å². The van der Waals surface area contributed by atoms with Crippen LogP contribution in [0.2, 0.25) is 0 Å². The second kappa shape index (κ2) is 15.0. The van der Waals surface area contributed by atoms with Gasteiger partial charge in [-0.3, -0.25) is 23.9 Å². The van der Waals surface area contributed by atoms with Crippen LogP contribution in [0, 0.1) is 51.8 Å². The fourth-order valence-corrected chi connectivity index (χ4v) is 11.3. The Kier molecular flexibility index (Phi) is 10.6. The Morgan fingerprint density at radius 1 is 1.05 bits per heavy atom. The number of alkyl halides is 2. The molecule has 1 saturated heterocycles. The van der Waals surface area contributed by atoms with Crippen LogP contribution in [0.25, 0.3) is 11.0 Å². The number of carbonyl (C=O) groups is 4. The van der Waals surface area contributed by atoms with Gasteiger partial charge < -0.3 is 14.4 Å². The van der Waals surface area contributed by atoms with Crippen molar-refractivity contribution in [3.05, 3.63) is 29.5 Å². The minimum absolute atomic E-state index is 0.0801. The Morgan fingerprint density at radius 2 is 1.81 bits per heavy atom. The predicted octanol–water partition coefficient (Wildman–Crippen LogP) is 5.82. The number of nitrogens with zero attached hydrogens (tertiary/aromatic N) is 4. The number of fused-ring (bicyclic) bond motifs is 7. The maximum atomic E-state index is 14.8. The summed E-state index contributed by atoms with van der Waals surface area (Å²) in [6.45, 7) is 6.83. The lowest BCUT2D eigenvalue weighted by Gasteiger charge is -2.35. The van der Waals surface area contributed by atoms with Crippen molar-refractivity contribution in [1.29, 1.82) is 5.26 Å². The van der Waals surface area contributed by atoms with E-state index in [4.69, 9.17) is 19.4 Å². The van der Waals surface area contributed by atoms with Gasteiger partial charge in [-0.05, 0) is 99.7 Å². The number of nitrogens with one attached hydrogen (secondary N) is 1. The molecule has 2 bridgehead atoms. The molecule has 1 aromatic carbocycles. The van der Waals surface area contributed by atoms with Crippen LogP contribution in [0.15, 0.2) is 18.2 Å². The lowest BCUT2D eigenvalue weighted by Crippen LogP contribution is -2.49. The number of esters is 1. The van der Waals surface area contributed by atoms with Crippen LogP contribution in [0.1, 0.15) is 116 Å². The average molecular weight is 838 g/mol. The number of hydrogen-bond donors (Lipinski definition) is 1. The van der Waals surface area contributed by atoms with Gasteiger partial charge in [0.25, 0.3) is 0 Å². The van der Waals surface area contributed by atoms with E-state index in [0.717, 1.165) is 38.5 Å². The van der Waals surface area contributed by atoms with E-state index in [-0.39, 0.29) is 37.3 Å². The summed E-state index contributed by atoms with van der Waals surface area (Å²) in [4.78, 5) is 67.8. The van der Waals surface area contributed by atoms with Crippen LogP contribution in [0.3, 0.4) is 0 Å². The Balaban J connectivity index is 1.13. The first-order chi connectivity index (χ1) is 27.8. The number of aromatic nitrogens is 2. The van der Waals surface area contributed by atoms with Gasteiger partial charge >= 0.3 is 5.97 Å². The number of sulfonamides is 1. The van der Waals surface area contributed by atoms with Crippen molar-refractivity contribution < 1.29 is 45.9 Å². The molecule has 16 heteroatoms. The van der Waals surface area contributed by atoms with Crippen molar-refractivity contribution in [3.63, 3.8) is 0 Å². The molecule has 2 aliphatic heterocycles. The van der Waals surface area contributed by atoms with Gasteiger partial charge in [0.05, 0.1) is 57.8 Å². The third-order valence-corrected chi connectivity index (χ3v) is 16.4. The highest BCUT2D eigenvalue weighted by Crippen LogP contribution is 2.60. The van der Waals surface area contributed by atoms with Crippen LogP contribution in [-0.2, 0) is 40.4 Å². The van der Waals surface area contributed by atoms with Crippen molar-refractivity contribution in [1.82, 2.24) is 19.6 Å². The first-order valence-electron chi connectivity index (χ1n) is 21.1. The van der Waals surface area contributed by atoms with E-state index >= 15 is 0 Å². The molecule has 9 atom stereocenters. The zero-order valence-corrected chi connectivity index (χ0v) is 34.9. The number of ketones is 1. The summed E-state index contributed by atoms with van der Waals surface area (Å²) in [6, 6.07) is 5.86. The highest BCUT2D eigenvalue weighted by molar-refractivity contribution is 7.91. The van der Waals surface area contributed by atoms with Crippen molar-refractivity contribution in [3.8, 4) is 11.9 Å². The van der Waals surface area contributed by atoms with E-state index in [0.29, 0.717) is 53.4 Å². The third kappa shape index (κ3) is 8.04. The molecule has 13 nitrogen and oxygen atoms in total. The molecule has 0 radical (unpaired) electrons. The highest BCUT2D eigenvalue weighted by Gasteiger charge is 2.67. The first kappa shape index (κ1) is 41.5. The Labute approximate surface area is 343 Å². The molecule has 2 aromatic rings. The summed E-state index contributed by atoms with van der Waals surface area (Å²) in [7, 11) is -4.19. The molecule has 8 rings (SSSR count). The number of amides is 2. The quantitative estimate of drug-likeness (QED) is 0.332. The normalized spacial score (nSPS) is 33.0. The average Bonchev–Trinajstić information content (AvgIpc) is 4.13. The van der Waals surface area contributed by atoms with Crippen LogP contribution in [0.5, 0.6) is 5.88 Å². The van der Waals surface area contributed by atoms with Crippen LogP contribution in [0.4, 0.5) is 8.78 Å². The Morgan fingerprint density at radius 3 is 2.49 bits per heavy atom. The fourth-order valence-electron chi connectivity index (χ4n) is 9.97. The molecule has 1 N–H and O–H groups in total. The second-order valence-corrected chi connectivity index (χ2v) is 21.6. The number of nitriles is 1. The first-order valence-corrected chi connectivity index (χ1v) is 22.6. The monoisotopic (exact) mass is 837 g/mol. The van der Waals surface area contributed by atoms with Gasteiger partial charge in [-0.15, -0.1) is 0 Å². The van der Waals surface area contributed by atoms with Gasteiger partial charge in [0.2, 0.25) is 34.1 Å². The number of carbonyl (C=O) groups excluding carboxylic acids is 4. The zero-order chi connectivity index (χ0) is 42.2. The van der Waals surface area contributed by atoms with Crippen molar-refractivity contribution in [2.75, 3.05) is 6.54 Å². The maximum Gasteiger partial charge on any atom is 0.306 e. The van der Waals surface area contributed by atoms with E-state index in [2.05, 4.69) is 6.07 Å². The molecule has 3 heterocycles. The number of hydrogen-bond acceptors (Lipinski definition) is 11. The summed E-state index contributed by atoms with van der Waals surface area (Å²) in [5.74, 6) is -3.82. The summed E-state index contributed by atoms with van der Waals surface area (Å²) < 4.78 is 68.3. The summed E-state index contributed by atoms with van der Waals surface area (Å²) in [6.07, 6.45) is 1.12. The van der Waals surface area contributed by atoms with Gasteiger partial charge in [-0.25, -0.2) is 27.2 Å². The van der Waals surface area contributed by atoms with E-state index in [9.17, 15) is 41.6 Å². The smallest absolute Gasteiger partial charge is 0.306 e. The fraction of sp³-hybridized carbons (Fsp3) is 0.698. The molecule has 2 amide bonds. The topological polar surface area (TPSA) is 186 Å². The lowest BCUT2D eigenvalue weighted by molar-refractivity contribution is -0.158. The van der Waals surface area contributed by atoms with Gasteiger partial charge in [0, 0.05) is 18.8 Å². The van der Waals surface area contributed by atoms with E-state index < -0.39 is 92.4 Å².